The van der Waals surface area contributed by atoms with Gasteiger partial charge in [-0.15, -0.1) is 0 Å². The number of nitrogens with two attached hydrogens (primary N) is 1. The third-order valence-electron chi connectivity index (χ3n) is 4.32. The number of nitrogen functional groups attached to an aromatic ring is 1. The summed E-state index contributed by atoms with van der Waals surface area (Å²) < 4.78 is 20.8. The Morgan fingerprint density at radius 2 is 2.05 bits per heavy atom. The molecule has 3 rings (SSSR count). The first-order valence-corrected chi connectivity index (χ1v) is 7.27. The van der Waals surface area contributed by atoms with Crippen molar-refractivity contribution in [2.45, 2.75) is 31.6 Å². The lowest BCUT2D eigenvalue weighted by atomic mass is 10.1. The Balaban J connectivity index is 2.02. The molecule has 1 aliphatic carbocycles. The number of methoxy groups -OCH3 is 1. The average molecular weight is 289 g/mol. The van der Waals surface area contributed by atoms with Gasteiger partial charge in [-0.05, 0) is 31.0 Å². The summed E-state index contributed by atoms with van der Waals surface area (Å²) in [5.41, 5.74) is 7.51. The second-order valence-electron chi connectivity index (χ2n) is 5.59. The summed E-state index contributed by atoms with van der Waals surface area (Å²) in [4.78, 5) is 4.69. The molecular weight excluding hydrogens is 269 g/mol. The second kappa shape index (κ2) is 5.39. The van der Waals surface area contributed by atoms with E-state index in [1.807, 2.05) is 11.6 Å². The lowest BCUT2D eigenvalue weighted by Gasteiger charge is -2.08. The van der Waals surface area contributed by atoms with Gasteiger partial charge in [0.25, 0.3) is 0 Å². The Hall–Kier alpha value is -2.04. The van der Waals surface area contributed by atoms with Crippen LogP contribution in [0.3, 0.4) is 0 Å². The smallest absolute Gasteiger partial charge is 0.165 e. The van der Waals surface area contributed by atoms with Gasteiger partial charge >= 0.3 is 0 Å². The van der Waals surface area contributed by atoms with Crippen molar-refractivity contribution in [1.29, 1.82) is 0 Å². The quantitative estimate of drug-likeness (QED) is 0.941. The van der Waals surface area contributed by atoms with Gasteiger partial charge < -0.3 is 15.0 Å². The van der Waals surface area contributed by atoms with Crippen LogP contribution in [0.1, 0.15) is 37.4 Å². The van der Waals surface area contributed by atoms with Crippen molar-refractivity contribution in [2.24, 2.45) is 7.05 Å². The number of anilines is 1. The van der Waals surface area contributed by atoms with Crippen molar-refractivity contribution in [3.63, 3.8) is 0 Å². The number of nitrogens with zero attached hydrogens (tertiary/aromatic N) is 2. The molecule has 1 saturated carbocycles. The molecule has 4 nitrogen and oxygen atoms in total. The predicted molar refractivity (Wildman–Crippen MR) is 80.8 cm³/mol. The van der Waals surface area contributed by atoms with Gasteiger partial charge in [-0.1, -0.05) is 12.8 Å². The monoisotopic (exact) mass is 289 g/mol. The molecule has 0 bridgehead atoms. The minimum absolute atomic E-state index is 0.226. The van der Waals surface area contributed by atoms with E-state index >= 15 is 0 Å². The van der Waals surface area contributed by atoms with E-state index in [4.69, 9.17) is 10.5 Å². The third-order valence-corrected chi connectivity index (χ3v) is 4.32. The van der Waals surface area contributed by atoms with Crippen LogP contribution in [0.4, 0.5) is 10.2 Å². The first-order chi connectivity index (χ1) is 10.1. The molecule has 112 valence electrons. The zero-order valence-corrected chi connectivity index (χ0v) is 12.4. The van der Waals surface area contributed by atoms with E-state index in [1.165, 1.54) is 26.0 Å². The summed E-state index contributed by atoms with van der Waals surface area (Å²) in [6.45, 7) is 0. The largest absolute Gasteiger partial charge is 0.494 e. The zero-order valence-electron chi connectivity index (χ0n) is 12.4. The molecule has 0 amide bonds. The molecule has 1 aromatic carbocycles. The van der Waals surface area contributed by atoms with Gasteiger partial charge in [0.15, 0.2) is 11.6 Å². The van der Waals surface area contributed by atoms with E-state index in [1.54, 1.807) is 12.1 Å². The third kappa shape index (κ3) is 2.37. The number of aromatic nitrogens is 2. The van der Waals surface area contributed by atoms with Gasteiger partial charge in [0.2, 0.25) is 0 Å². The molecule has 0 spiro atoms. The van der Waals surface area contributed by atoms with Crippen molar-refractivity contribution < 1.29 is 9.13 Å². The maximum atomic E-state index is 13.9. The van der Waals surface area contributed by atoms with Crippen LogP contribution in [0.2, 0.25) is 0 Å². The van der Waals surface area contributed by atoms with Crippen molar-refractivity contribution in [1.82, 2.24) is 9.55 Å². The number of benzene rings is 1. The lowest BCUT2D eigenvalue weighted by Crippen LogP contribution is -2.05. The first-order valence-electron chi connectivity index (χ1n) is 7.27. The van der Waals surface area contributed by atoms with E-state index < -0.39 is 5.82 Å². The Bertz CT molecular complexity index is 660. The summed E-state index contributed by atoms with van der Waals surface area (Å²) in [6.07, 6.45) is 4.79. The predicted octanol–water partition coefficient (Wildman–Crippen LogP) is 3.47. The molecule has 1 fully saturated rings. The maximum Gasteiger partial charge on any atom is 0.165 e. The molecule has 0 unspecified atom stereocenters. The lowest BCUT2D eigenvalue weighted by molar-refractivity contribution is 0.386. The fourth-order valence-electron chi connectivity index (χ4n) is 3.10. The van der Waals surface area contributed by atoms with Crippen molar-refractivity contribution >= 4 is 5.82 Å². The SMILES string of the molecule is COc1ccc(-c2nc(C3CCCC3)n(C)c2N)cc1F. The highest BCUT2D eigenvalue weighted by Crippen LogP contribution is 2.37. The Kier molecular flexibility index (Phi) is 3.57. The fourth-order valence-corrected chi connectivity index (χ4v) is 3.10. The van der Waals surface area contributed by atoms with Crippen molar-refractivity contribution in [3.05, 3.63) is 29.8 Å². The number of imidazole rings is 1. The first kappa shape index (κ1) is 13.9. The second-order valence-corrected chi connectivity index (χ2v) is 5.59. The standard InChI is InChI=1S/C16H20FN3O/c1-20-15(18)14(19-16(20)10-5-3-4-6-10)11-7-8-13(21-2)12(17)9-11/h7-10H,3-6,18H2,1-2H3. The summed E-state index contributed by atoms with van der Waals surface area (Å²) in [5, 5.41) is 0. The number of ether oxygens (including phenoxy) is 1. The highest BCUT2D eigenvalue weighted by molar-refractivity contribution is 5.71. The highest BCUT2D eigenvalue weighted by atomic mass is 19.1. The van der Waals surface area contributed by atoms with Crippen LogP contribution in [-0.4, -0.2) is 16.7 Å². The topological polar surface area (TPSA) is 53.1 Å². The molecule has 2 aromatic rings. The molecule has 0 atom stereocenters. The number of hydrogen-bond acceptors (Lipinski definition) is 3. The minimum Gasteiger partial charge on any atom is -0.494 e. The molecule has 5 heteroatoms. The Labute approximate surface area is 123 Å². The van der Waals surface area contributed by atoms with Gasteiger partial charge in [0.05, 0.1) is 7.11 Å². The molecule has 1 aliphatic rings. The molecule has 1 aromatic heterocycles. The van der Waals surface area contributed by atoms with E-state index in [2.05, 4.69) is 4.98 Å². The van der Waals surface area contributed by atoms with Crippen molar-refractivity contribution in [3.8, 4) is 17.0 Å². The van der Waals surface area contributed by atoms with Crippen LogP contribution in [0, 0.1) is 5.82 Å². The van der Waals surface area contributed by atoms with Crippen molar-refractivity contribution in [2.75, 3.05) is 12.8 Å². The van der Waals surface area contributed by atoms with E-state index in [9.17, 15) is 4.39 Å². The average Bonchev–Trinajstić information content (AvgIpc) is 3.09. The van der Waals surface area contributed by atoms with Crippen LogP contribution >= 0.6 is 0 Å². The molecule has 0 saturated heterocycles. The Morgan fingerprint density at radius 3 is 2.67 bits per heavy atom. The van der Waals surface area contributed by atoms with Gasteiger partial charge in [-0.25, -0.2) is 9.37 Å². The van der Waals surface area contributed by atoms with E-state index in [-0.39, 0.29) is 5.75 Å². The summed E-state index contributed by atoms with van der Waals surface area (Å²) in [5.74, 6) is 1.89. The van der Waals surface area contributed by atoms with Crippen LogP contribution in [-0.2, 0) is 7.05 Å². The molecule has 2 N–H and O–H groups in total. The van der Waals surface area contributed by atoms with Crippen LogP contribution in [0.15, 0.2) is 18.2 Å². The molecular formula is C16H20FN3O. The van der Waals surface area contributed by atoms with E-state index in [0.717, 1.165) is 18.7 Å². The molecule has 0 aliphatic heterocycles. The number of rotatable bonds is 3. The number of halogens is 1. The zero-order chi connectivity index (χ0) is 15.0. The van der Waals surface area contributed by atoms with Gasteiger partial charge in [0.1, 0.15) is 17.3 Å². The fraction of sp³-hybridized carbons (Fsp3) is 0.438. The van der Waals surface area contributed by atoms with Crippen LogP contribution < -0.4 is 10.5 Å². The number of hydrogen-bond donors (Lipinski definition) is 1. The molecule has 1 heterocycles. The minimum atomic E-state index is -0.400. The summed E-state index contributed by atoms with van der Waals surface area (Å²) in [6, 6.07) is 4.82. The van der Waals surface area contributed by atoms with E-state index in [0.29, 0.717) is 23.0 Å². The van der Waals surface area contributed by atoms with Crippen LogP contribution in [0.5, 0.6) is 5.75 Å². The Morgan fingerprint density at radius 1 is 1.33 bits per heavy atom. The van der Waals surface area contributed by atoms with Gasteiger partial charge in [0, 0.05) is 18.5 Å². The maximum absolute atomic E-state index is 13.9. The normalized spacial score (nSPS) is 15.6. The molecule has 21 heavy (non-hydrogen) atoms. The summed E-state index contributed by atoms with van der Waals surface area (Å²) in [7, 11) is 3.38. The van der Waals surface area contributed by atoms with Crippen LogP contribution in [0.25, 0.3) is 11.3 Å². The van der Waals surface area contributed by atoms with Gasteiger partial charge in [-0.3, -0.25) is 0 Å². The summed E-state index contributed by atoms with van der Waals surface area (Å²) >= 11 is 0. The highest BCUT2D eigenvalue weighted by Gasteiger charge is 2.24. The van der Waals surface area contributed by atoms with Gasteiger partial charge in [-0.2, -0.15) is 0 Å². The molecule has 0 radical (unpaired) electrons.